The predicted molar refractivity (Wildman–Crippen MR) is 104 cm³/mol. The van der Waals surface area contributed by atoms with E-state index in [2.05, 4.69) is 5.32 Å². The number of methoxy groups -OCH3 is 1. The highest BCUT2D eigenvalue weighted by molar-refractivity contribution is 6.30. The number of hydrogen-bond donors (Lipinski definition) is 1. The maximum absolute atomic E-state index is 12.2. The zero-order valence-electron chi connectivity index (χ0n) is 15.0. The van der Waals surface area contributed by atoms with Crippen molar-refractivity contribution in [1.82, 2.24) is 4.90 Å². The van der Waals surface area contributed by atoms with Gasteiger partial charge >= 0.3 is 0 Å². The molecule has 26 heavy (non-hydrogen) atoms. The van der Waals surface area contributed by atoms with E-state index in [0.717, 1.165) is 5.56 Å². The van der Waals surface area contributed by atoms with Crippen molar-refractivity contribution < 1.29 is 14.3 Å². The second-order valence-corrected chi connectivity index (χ2v) is 6.32. The SMILES string of the molecule is COc1ccccc1NC(=O)CCN(CCc1ccc(Cl)cc1)C(C)=O. The second kappa shape index (κ2) is 9.82. The van der Waals surface area contributed by atoms with Gasteiger partial charge in [-0.25, -0.2) is 0 Å². The Labute approximate surface area is 158 Å². The van der Waals surface area contributed by atoms with Gasteiger partial charge in [-0.1, -0.05) is 35.9 Å². The van der Waals surface area contributed by atoms with Crippen LogP contribution in [0.2, 0.25) is 5.02 Å². The van der Waals surface area contributed by atoms with Crippen LogP contribution in [0.4, 0.5) is 5.69 Å². The molecule has 0 aliphatic carbocycles. The topological polar surface area (TPSA) is 58.6 Å². The summed E-state index contributed by atoms with van der Waals surface area (Å²) in [6, 6.07) is 14.8. The van der Waals surface area contributed by atoms with E-state index in [1.807, 2.05) is 36.4 Å². The van der Waals surface area contributed by atoms with Gasteiger partial charge in [0.1, 0.15) is 5.75 Å². The van der Waals surface area contributed by atoms with Gasteiger partial charge in [-0.05, 0) is 36.2 Å². The van der Waals surface area contributed by atoms with Crippen LogP contribution in [0.3, 0.4) is 0 Å². The zero-order chi connectivity index (χ0) is 18.9. The number of ether oxygens (including phenoxy) is 1. The first kappa shape index (κ1) is 19.8. The van der Waals surface area contributed by atoms with Gasteiger partial charge in [0.05, 0.1) is 12.8 Å². The van der Waals surface area contributed by atoms with Crippen LogP contribution < -0.4 is 10.1 Å². The highest BCUT2D eigenvalue weighted by atomic mass is 35.5. The molecule has 0 aliphatic rings. The van der Waals surface area contributed by atoms with Crippen LogP contribution in [0.5, 0.6) is 5.75 Å². The fourth-order valence-electron chi connectivity index (χ4n) is 2.54. The van der Waals surface area contributed by atoms with E-state index in [9.17, 15) is 9.59 Å². The molecule has 0 fully saturated rings. The molecule has 0 unspecified atom stereocenters. The number of carbonyl (C=O) groups is 2. The molecule has 0 radical (unpaired) electrons. The summed E-state index contributed by atoms with van der Waals surface area (Å²) in [7, 11) is 1.55. The van der Waals surface area contributed by atoms with Gasteiger partial charge in [0.2, 0.25) is 11.8 Å². The largest absolute Gasteiger partial charge is 0.495 e. The number of carbonyl (C=O) groups excluding carboxylic acids is 2. The minimum Gasteiger partial charge on any atom is -0.495 e. The maximum atomic E-state index is 12.2. The summed E-state index contributed by atoms with van der Waals surface area (Å²) < 4.78 is 5.22. The summed E-state index contributed by atoms with van der Waals surface area (Å²) in [5, 5.41) is 3.50. The molecule has 0 bridgehead atoms. The standard InChI is InChI=1S/C20H23ClN2O3/c1-15(24)23(13-11-16-7-9-17(21)10-8-16)14-12-20(25)22-18-5-3-4-6-19(18)26-2/h3-10H,11-14H2,1-2H3,(H,22,25). The Morgan fingerprint density at radius 3 is 2.42 bits per heavy atom. The number of anilines is 1. The van der Waals surface area contributed by atoms with Gasteiger partial charge in [-0.2, -0.15) is 0 Å². The molecule has 0 saturated carbocycles. The summed E-state index contributed by atoms with van der Waals surface area (Å²) in [5.41, 5.74) is 1.72. The van der Waals surface area contributed by atoms with Crippen LogP contribution in [-0.4, -0.2) is 36.9 Å². The first-order chi connectivity index (χ1) is 12.5. The van der Waals surface area contributed by atoms with E-state index in [1.165, 1.54) is 6.92 Å². The lowest BCUT2D eigenvalue weighted by Gasteiger charge is -2.21. The average Bonchev–Trinajstić information content (AvgIpc) is 2.63. The number of benzene rings is 2. The molecule has 0 heterocycles. The normalized spacial score (nSPS) is 10.3. The lowest BCUT2D eigenvalue weighted by molar-refractivity contribution is -0.129. The van der Waals surface area contributed by atoms with Gasteiger partial charge in [0.25, 0.3) is 0 Å². The first-order valence-electron chi connectivity index (χ1n) is 8.42. The number of hydrogen-bond acceptors (Lipinski definition) is 3. The van der Waals surface area contributed by atoms with Crippen LogP contribution in [0.15, 0.2) is 48.5 Å². The highest BCUT2D eigenvalue weighted by Gasteiger charge is 2.12. The number of rotatable bonds is 8. The molecule has 2 amide bonds. The van der Waals surface area contributed by atoms with Gasteiger partial charge in [-0.3, -0.25) is 9.59 Å². The molecule has 0 aromatic heterocycles. The van der Waals surface area contributed by atoms with E-state index in [4.69, 9.17) is 16.3 Å². The van der Waals surface area contributed by atoms with Crippen LogP contribution in [0, 0.1) is 0 Å². The third kappa shape index (κ3) is 6.08. The number of nitrogens with one attached hydrogen (secondary N) is 1. The van der Waals surface area contributed by atoms with Gasteiger partial charge in [0.15, 0.2) is 0 Å². The Morgan fingerprint density at radius 2 is 1.77 bits per heavy atom. The lowest BCUT2D eigenvalue weighted by atomic mass is 10.1. The Morgan fingerprint density at radius 1 is 1.08 bits per heavy atom. The van der Waals surface area contributed by atoms with E-state index < -0.39 is 0 Å². The fourth-order valence-corrected chi connectivity index (χ4v) is 2.66. The number of nitrogens with zero attached hydrogens (tertiary/aromatic N) is 1. The fraction of sp³-hybridized carbons (Fsp3) is 0.300. The molecule has 0 spiro atoms. The third-order valence-electron chi connectivity index (χ3n) is 4.02. The summed E-state index contributed by atoms with van der Waals surface area (Å²) in [6.07, 6.45) is 0.934. The van der Waals surface area contributed by atoms with Crippen molar-refractivity contribution in [2.75, 3.05) is 25.5 Å². The van der Waals surface area contributed by atoms with Crippen molar-refractivity contribution in [1.29, 1.82) is 0 Å². The summed E-state index contributed by atoms with van der Waals surface area (Å²) >= 11 is 5.88. The van der Waals surface area contributed by atoms with Crippen molar-refractivity contribution in [2.45, 2.75) is 19.8 Å². The van der Waals surface area contributed by atoms with Gasteiger partial charge < -0.3 is 15.0 Å². The molecule has 138 valence electrons. The Hall–Kier alpha value is -2.53. The first-order valence-corrected chi connectivity index (χ1v) is 8.80. The number of para-hydroxylation sites is 2. The molecule has 0 atom stereocenters. The highest BCUT2D eigenvalue weighted by Crippen LogP contribution is 2.23. The molecule has 2 aromatic carbocycles. The molecule has 0 aliphatic heterocycles. The monoisotopic (exact) mass is 374 g/mol. The predicted octanol–water partition coefficient (Wildman–Crippen LogP) is 3.77. The minimum atomic E-state index is -0.160. The quantitative estimate of drug-likeness (QED) is 0.765. The Balaban J connectivity index is 1.86. The van der Waals surface area contributed by atoms with Crippen molar-refractivity contribution in [3.8, 4) is 5.75 Å². The Bertz CT molecular complexity index is 747. The summed E-state index contributed by atoms with van der Waals surface area (Å²) in [6.45, 7) is 2.43. The van der Waals surface area contributed by atoms with E-state index in [0.29, 0.717) is 36.0 Å². The molecular formula is C20H23ClN2O3. The molecular weight excluding hydrogens is 352 g/mol. The maximum Gasteiger partial charge on any atom is 0.226 e. The van der Waals surface area contributed by atoms with Crippen molar-refractivity contribution in [3.05, 3.63) is 59.1 Å². The van der Waals surface area contributed by atoms with Gasteiger partial charge in [0, 0.05) is 31.5 Å². The molecule has 0 saturated heterocycles. The molecule has 6 heteroatoms. The zero-order valence-corrected chi connectivity index (χ0v) is 15.8. The Kier molecular flexibility index (Phi) is 7.48. The van der Waals surface area contributed by atoms with E-state index >= 15 is 0 Å². The molecule has 1 N–H and O–H groups in total. The lowest BCUT2D eigenvalue weighted by Crippen LogP contribution is -2.33. The van der Waals surface area contributed by atoms with Crippen LogP contribution in [-0.2, 0) is 16.0 Å². The van der Waals surface area contributed by atoms with Crippen molar-refractivity contribution in [2.24, 2.45) is 0 Å². The van der Waals surface area contributed by atoms with Crippen LogP contribution >= 0.6 is 11.6 Å². The average molecular weight is 375 g/mol. The summed E-state index contributed by atoms with van der Waals surface area (Å²) in [5.74, 6) is 0.392. The van der Waals surface area contributed by atoms with E-state index in [1.54, 1.807) is 24.1 Å². The van der Waals surface area contributed by atoms with E-state index in [-0.39, 0.29) is 18.2 Å². The van der Waals surface area contributed by atoms with Crippen molar-refractivity contribution >= 4 is 29.1 Å². The van der Waals surface area contributed by atoms with Crippen molar-refractivity contribution in [3.63, 3.8) is 0 Å². The smallest absolute Gasteiger partial charge is 0.226 e. The molecule has 2 aromatic rings. The minimum absolute atomic E-state index is 0.0518. The second-order valence-electron chi connectivity index (χ2n) is 5.88. The molecule has 2 rings (SSSR count). The van der Waals surface area contributed by atoms with Crippen LogP contribution in [0.1, 0.15) is 18.9 Å². The third-order valence-corrected chi connectivity index (χ3v) is 4.27. The molecule has 5 nitrogen and oxygen atoms in total. The number of halogens is 1. The van der Waals surface area contributed by atoms with Gasteiger partial charge in [-0.15, -0.1) is 0 Å². The van der Waals surface area contributed by atoms with Crippen LogP contribution in [0.25, 0.3) is 0 Å². The summed E-state index contributed by atoms with van der Waals surface area (Å²) in [4.78, 5) is 25.7. The number of amides is 2.